The summed E-state index contributed by atoms with van der Waals surface area (Å²) in [6.45, 7) is 9.03. The molecule has 1 unspecified atom stereocenters. The molecule has 0 amide bonds. The monoisotopic (exact) mass is 251 g/mol. The molecule has 0 saturated heterocycles. The minimum Gasteiger partial charge on any atom is -0.370 e. The molecule has 0 aliphatic carbocycles. The largest absolute Gasteiger partial charge is 0.370 e. The van der Waals surface area contributed by atoms with Crippen LogP contribution in [0.5, 0.6) is 0 Å². The van der Waals surface area contributed by atoms with Gasteiger partial charge in [0, 0.05) is 25.3 Å². The van der Waals surface area contributed by atoms with Crippen molar-refractivity contribution in [3.63, 3.8) is 0 Å². The molecule has 1 aromatic heterocycles. The highest BCUT2D eigenvalue weighted by Gasteiger charge is 2.08. The summed E-state index contributed by atoms with van der Waals surface area (Å²) in [5.74, 6) is 0.531. The molecule has 0 aliphatic heterocycles. The van der Waals surface area contributed by atoms with Gasteiger partial charge in [-0.15, -0.1) is 0 Å². The number of guanidine groups is 1. The highest BCUT2D eigenvalue weighted by molar-refractivity contribution is 5.78. The number of aliphatic imine (C=N–C) groups is 1. The Morgan fingerprint density at radius 1 is 1.50 bits per heavy atom. The number of hydrogen-bond acceptors (Lipinski definition) is 2. The third kappa shape index (κ3) is 3.75. The molecular weight excluding hydrogens is 226 g/mol. The number of aromatic nitrogens is 2. The first kappa shape index (κ1) is 14.5. The molecule has 18 heavy (non-hydrogen) atoms. The summed E-state index contributed by atoms with van der Waals surface area (Å²) in [4.78, 5) is 4.35. The maximum Gasteiger partial charge on any atom is 0.188 e. The average Bonchev–Trinajstić information content (AvgIpc) is 2.55. The van der Waals surface area contributed by atoms with E-state index in [1.807, 2.05) is 18.7 Å². The van der Waals surface area contributed by atoms with Gasteiger partial charge >= 0.3 is 0 Å². The van der Waals surface area contributed by atoms with E-state index in [4.69, 9.17) is 5.73 Å². The Bertz CT molecular complexity index is 419. The first-order valence-electron chi connectivity index (χ1n) is 6.51. The van der Waals surface area contributed by atoms with Crippen molar-refractivity contribution in [3.05, 3.63) is 17.0 Å². The van der Waals surface area contributed by atoms with E-state index in [0.29, 0.717) is 18.5 Å². The van der Waals surface area contributed by atoms with Crippen molar-refractivity contribution in [2.24, 2.45) is 17.8 Å². The summed E-state index contributed by atoms with van der Waals surface area (Å²) < 4.78 is 1.91. The van der Waals surface area contributed by atoms with Crippen LogP contribution < -0.4 is 11.1 Å². The molecule has 0 bridgehead atoms. The van der Waals surface area contributed by atoms with E-state index >= 15 is 0 Å². The summed E-state index contributed by atoms with van der Waals surface area (Å²) in [7, 11) is 1.97. The molecule has 1 heterocycles. The molecule has 0 saturated carbocycles. The lowest BCUT2D eigenvalue weighted by atomic mass is 10.1. The van der Waals surface area contributed by atoms with Crippen molar-refractivity contribution in [2.45, 2.75) is 46.6 Å². The topological polar surface area (TPSA) is 68.2 Å². The van der Waals surface area contributed by atoms with Crippen LogP contribution in [0.15, 0.2) is 4.99 Å². The van der Waals surface area contributed by atoms with Crippen molar-refractivity contribution < 1.29 is 0 Å². The zero-order chi connectivity index (χ0) is 13.7. The fraction of sp³-hybridized carbons (Fsp3) is 0.692. The number of aryl methyl sites for hydroxylation is 2. The van der Waals surface area contributed by atoms with Crippen molar-refractivity contribution in [1.29, 1.82) is 0 Å². The molecule has 5 nitrogen and oxygen atoms in total. The lowest BCUT2D eigenvalue weighted by molar-refractivity contribution is 0.636. The summed E-state index contributed by atoms with van der Waals surface area (Å²) >= 11 is 0. The zero-order valence-corrected chi connectivity index (χ0v) is 12.1. The summed E-state index contributed by atoms with van der Waals surface area (Å²) in [6, 6.07) is 0.371. The highest BCUT2D eigenvalue weighted by Crippen LogP contribution is 2.12. The van der Waals surface area contributed by atoms with Crippen LogP contribution in [-0.4, -0.2) is 28.3 Å². The first-order valence-corrected chi connectivity index (χ1v) is 6.51. The van der Waals surface area contributed by atoms with Crippen LogP contribution in [0.3, 0.4) is 0 Å². The molecule has 5 heteroatoms. The quantitative estimate of drug-likeness (QED) is 0.612. The Kier molecular flexibility index (Phi) is 5.19. The predicted octanol–water partition coefficient (Wildman–Crippen LogP) is 1.28. The molecule has 1 atom stereocenters. The first-order chi connectivity index (χ1) is 8.45. The van der Waals surface area contributed by atoms with Gasteiger partial charge in [0.05, 0.1) is 5.69 Å². The smallest absolute Gasteiger partial charge is 0.188 e. The van der Waals surface area contributed by atoms with Crippen LogP contribution in [0, 0.1) is 13.8 Å². The van der Waals surface area contributed by atoms with Crippen molar-refractivity contribution >= 4 is 5.96 Å². The zero-order valence-electron chi connectivity index (χ0n) is 12.1. The van der Waals surface area contributed by atoms with E-state index in [1.165, 1.54) is 11.3 Å². The van der Waals surface area contributed by atoms with Gasteiger partial charge in [0.25, 0.3) is 0 Å². The molecule has 0 aromatic carbocycles. The predicted molar refractivity (Wildman–Crippen MR) is 75.8 cm³/mol. The summed E-state index contributed by atoms with van der Waals surface area (Å²) in [5.41, 5.74) is 9.38. The highest BCUT2D eigenvalue weighted by atomic mass is 15.3. The van der Waals surface area contributed by atoms with Gasteiger partial charge in [0.1, 0.15) is 0 Å². The van der Waals surface area contributed by atoms with E-state index in [0.717, 1.165) is 18.5 Å². The van der Waals surface area contributed by atoms with Crippen molar-refractivity contribution in [2.75, 3.05) is 6.54 Å². The van der Waals surface area contributed by atoms with E-state index in [9.17, 15) is 0 Å². The van der Waals surface area contributed by atoms with Gasteiger partial charge in [-0.25, -0.2) is 0 Å². The Hall–Kier alpha value is -1.52. The van der Waals surface area contributed by atoms with E-state index < -0.39 is 0 Å². The van der Waals surface area contributed by atoms with Crippen LogP contribution >= 0.6 is 0 Å². The maximum atomic E-state index is 5.81. The van der Waals surface area contributed by atoms with E-state index in [2.05, 4.69) is 36.2 Å². The SMILES string of the molecule is CCC(C)NC(N)=NCCc1c(C)nn(C)c1C. The normalized spacial score (nSPS) is 13.7. The average molecular weight is 251 g/mol. The Morgan fingerprint density at radius 3 is 2.67 bits per heavy atom. The second-order valence-electron chi connectivity index (χ2n) is 4.74. The lowest BCUT2D eigenvalue weighted by Crippen LogP contribution is -2.38. The Balaban J connectivity index is 2.53. The third-order valence-corrected chi connectivity index (χ3v) is 3.31. The standard InChI is InChI=1S/C13H25N5/c1-6-9(2)16-13(14)15-8-7-12-10(3)17-18(5)11(12)4/h9H,6-8H2,1-5H3,(H3,14,15,16). The molecule has 0 spiro atoms. The van der Waals surface area contributed by atoms with Crippen molar-refractivity contribution in [3.8, 4) is 0 Å². The van der Waals surface area contributed by atoms with Crippen LogP contribution in [-0.2, 0) is 13.5 Å². The molecular formula is C13H25N5. The van der Waals surface area contributed by atoms with Crippen LogP contribution in [0.4, 0.5) is 0 Å². The number of nitrogens with zero attached hydrogens (tertiary/aromatic N) is 3. The maximum absolute atomic E-state index is 5.81. The molecule has 1 rings (SSSR count). The molecule has 0 fully saturated rings. The fourth-order valence-corrected chi connectivity index (χ4v) is 1.87. The third-order valence-electron chi connectivity index (χ3n) is 3.31. The minimum absolute atomic E-state index is 0.371. The number of nitrogens with one attached hydrogen (secondary N) is 1. The van der Waals surface area contributed by atoms with Gasteiger partial charge in [0.15, 0.2) is 5.96 Å². The van der Waals surface area contributed by atoms with Gasteiger partial charge in [-0.3, -0.25) is 9.67 Å². The fourth-order valence-electron chi connectivity index (χ4n) is 1.87. The van der Waals surface area contributed by atoms with Gasteiger partial charge in [-0.1, -0.05) is 6.92 Å². The van der Waals surface area contributed by atoms with Gasteiger partial charge < -0.3 is 11.1 Å². The number of nitrogens with two attached hydrogens (primary N) is 1. The number of rotatable bonds is 5. The van der Waals surface area contributed by atoms with Crippen LogP contribution in [0.25, 0.3) is 0 Å². The molecule has 0 radical (unpaired) electrons. The number of hydrogen-bond donors (Lipinski definition) is 2. The van der Waals surface area contributed by atoms with Gasteiger partial charge in [0.2, 0.25) is 0 Å². The van der Waals surface area contributed by atoms with Crippen LogP contribution in [0.1, 0.15) is 37.2 Å². The van der Waals surface area contributed by atoms with Gasteiger partial charge in [-0.05, 0) is 39.2 Å². The Morgan fingerprint density at radius 2 is 2.17 bits per heavy atom. The lowest BCUT2D eigenvalue weighted by Gasteiger charge is -2.11. The van der Waals surface area contributed by atoms with E-state index in [-0.39, 0.29) is 0 Å². The van der Waals surface area contributed by atoms with E-state index in [1.54, 1.807) is 0 Å². The van der Waals surface area contributed by atoms with Crippen molar-refractivity contribution in [1.82, 2.24) is 15.1 Å². The second kappa shape index (κ2) is 6.42. The minimum atomic E-state index is 0.371. The van der Waals surface area contributed by atoms with Gasteiger partial charge in [-0.2, -0.15) is 5.10 Å². The summed E-state index contributed by atoms with van der Waals surface area (Å²) in [6.07, 6.45) is 1.92. The van der Waals surface area contributed by atoms with Crippen LogP contribution in [0.2, 0.25) is 0 Å². The summed E-state index contributed by atoms with van der Waals surface area (Å²) in [5, 5.41) is 7.55. The second-order valence-corrected chi connectivity index (χ2v) is 4.74. The molecule has 0 aliphatic rings. The molecule has 1 aromatic rings. The molecule has 102 valence electrons. The Labute approximate surface area is 109 Å². The molecule has 3 N–H and O–H groups in total.